The minimum absolute atomic E-state index is 0.343. The van der Waals surface area contributed by atoms with Crippen LogP contribution in [-0.2, 0) is 0 Å². The summed E-state index contributed by atoms with van der Waals surface area (Å²) in [6.45, 7) is -0.734. The van der Waals surface area contributed by atoms with E-state index in [0.29, 0.717) is 5.56 Å². The van der Waals surface area contributed by atoms with Gasteiger partial charge in [-0.3, -0.25) is 4.79 Å². The molecule has 0 unspecified atom stereocenters. The molecule has 0 aromatic heterocycles. The highest BCUT2D eigenvalue weighted by molar-refractivity contribution is 9.10. The molecule has 1 aromatic rings. The van der Waals surface area contributed by atoms with Gasteiger partial charge in [-0.05, 0) is 40.2 Å². The lowest BCUT2D eigenvalue weighted by atomic mass is 10.2. The Morgan fingerprint density at radius 3 is 2.33 bits per heavy atom. The maximum atomic E-state index is 12.4. The molecule has 2 nitrogen and oxygen atoms in total. The third kappa shape index (κ3) is 4.70. The van der Waals surface area contributed by atoms with Crippen LogP contribution >= 0.6 is 31.9 Å². The van der Waals surface area contributed by atoms with Gasteiger partial charge in [0.15, 0.2) is 0 Å². The van der Waals surface area contributed by atoms with E-state index in [2.05, 4.69) is 37.2 Å². The largest absolute Gasteiger partial charge is 0.345 e. The minimum Gasteiger partial charge on any atom is -0.345 e. The zero-order valence-electron chi connectivity index (χ0n) is 7.44. The molecule has 0 spiro atoms. The van der Waals surface area contributed by atoms with E-state index in [1.165, 1.54) is 0 Å². The molecule has 0 fully saturated rings. The van der Waals surface area contributed by atoms with Crippen LogP contribution < -0.4 is 5.32 Å². The van der Waals surface area contributed by atoms with Crippen LogP contribution in [0.3, 0.4) is 0 Å². The number of nitrogens with one attached hydrogen (secondary N) is 1. The number of hydrogen-bond donors (Lipinski definition) is 1. The van der Waals surface area contributed by atoms with Gasteiger partial charge in [-0.1, -0.05) is 15.9 Å². The molecule has 0 heterocycles. The van der Waals surface area contributed by atoms with Gasteiger partial charge < -0.3 is 5.32 Å². The number of amides is 1. The Balaban J connectivity index is 2.58. The van der Waals surface area contributed by atoms with Gasteiger partial charge in [0.2, 0.25) is 0 Å². The number of halogens is 4. The van der Waals surface area contributed by atoms with Crippen LogP contribution in [0.4, 0.5) is 8.78 Å². The maximum Gasteiger partial charge on any atom is 0.318 e. The molecule has 0 saturated carbocycles. The molecular formula is C9H7Br2F2NO. The highest BCUT2D eigenvalue weighted by Gasteiger charge is 2.24. The van der Waals surface area contributed by atoms with Crippen molar-refractivity contribution in [3.63, 3.8) is 0 Å². The van der Waals surface area contributed by atoms with E-state index in [1.807, 2.05) is 0 Å². The molecule has 15 heavy (non-hydrogen) atoms. The van der Waals surface area contributed by atoms with E-state index in [9.17, 15) is 13.6 Å². The van der Waals surface area contributed by atoms with Crippen LogP contribution in [0, 0.1) is 0 Å². The first-order chi connectivity index (χ1) is 6.88. The molecule has 0 aliphatic heterocycles. The molecule has 0 saturated heterocycles. The zero-order chi connectivity index (χ0) is 11.5. The summed E-state index contributed by atoms with van der Waals surface area (Å²) in [5.41, 5.74) is 0.343. The Morgan fingerprint density at radius 1 is 1.33 bits per heavy atom. The lowest BCUT2D eigenvalue weighted by molar-refractivity contribution is 0.0835. The fourth-order valence-electron chi connectivity index (χ4n) is 0.884. The van der Waals surface area contributed by atoms with Crippen molar-refractivity contribution >= 4 is 37.8 Å². The average molecular weight is 343 g/mol. The fraction of sp³-hybridized carbons (Fsp3) is 0.222. The first-order valence-corrected chi connectivity index (χ1v) is 5.57. The summed E-state index contributed by atoms with van der Waals surface area (Å²) >= 11 is 5.34. The topological polar surface area (TPSA) is 29.1 Å². The summed E-state index contributed by atoms with van der Waals surface area (Å²) in [7, 11) is 0. The van der Waals surface area contributed by atoms with Crippen molar-refractivity contribution in [3.05, 3.63) is 34.3 Å². The first kappa shape index (κ1) is 12.6. The summed E-state index contributed by atoms with van der Waals surface area (Å²) in [5, 5.41) is 2.11. The Hall–Kier alpha value is -0.490. The van der Waals surface area contributed by atoms with E-state index in [-0.39, 0.29) is 0 Å². The minimum atomic E-state index is -3.07. The highest BCUT2D eigenvalue weighted by Crippen LogP contribution is 2.20. The van der Waals surface area contributed by atoms with E-state index in [0.717, 1.165) is 4.47 Å². The third-order valence-electron chi connectivity index (χ3n) is 1.56. The summed E-state index contributed by atoms with van der Waals surface area (Å²) in [6.07, 6.45) is 0. The maximum absolute atomic E-state index is 12.4. The van der Waals surface area contributed by atoms with E-state index < -0.39 is 17.3 Å². The first-order valence-electron chi connectivity index (χ1n) is 3.99. The predicted molar refractivity (Wildman–Crippen MR) is 60.3 cm³/mol. The monoisotopic (exact) mass is 341 g/mol. The second-order valence-electron chi connectivity index (χ2n) is 2.80. The standard InChI is InChI=1S/C9H7Br2F2NO/c10-7-3-1-6(2-4-7)8(15)14-5-9(11,12)13/h1-4H,5H2,(H,14,15). The second kappa shape index (κ2) is 5.03. The van der Waals surface area contributed by atoms with Gasteiger partial charge in [-0.25, -0.2) is 0 Å². The number of carbonyl (C=O) groups excluding carboxylic acids is 1. The summed E-state index contributed by atoms with van der Waals surface area (Å²) in [6, 6.07) is 6.43. The van der Waals surface area contributed by atoms with Gasteiger partial charge >= 0.3 is 4.83 Å². The quantitative estimate of drug-likeness (QED) is 0.840. The number of carbonyl (C=O) groups is 1. The number of rotatable bonds is 3. The van der Waals surface area contributed by atoms with Crippen molar-refractivity contribution in [1.29, 1.82) is 0 Å². The summed E-state index contributed by atoms with van der Waals surface area (Å²) in [4.78, 5) is 8.25. The molecule has 0 aliphatic rings. The van der Waals surface area contributed by atoms with Crippen LogP contribution in [0.25, 0.3) is 0 Å². The Kier molecular flexibility index (Phi) is 4.21. The van der Waals surface area contributed by atoms with Crippen LogP contribution in [0.5, 0.6) is 0 Å². The van der Waals surface area contributed by atoms with Gasteiger partial charge in [0.1, 0.15) is 0 Å². The SMILES string of the molecule is O=C(NCC(F)(F)Br)c1ccc(Br)cc1. The summed E-state index contributed by atoms with van der Waals surface area (Å²) in [5.74, 6) is -0.526. The normalized spacial score (nSPS) is 11.2. The second-order valence-corrected chi connectivity index (χ2v) is 4.88. The number of hydrogen-bond acceptors (Lipinski definition) is 1. The van der Waals surface area contributed by atoms with Gasteiger partial charge in [0.05, 0.1) is 6.54 Å². The molecule has 0 radical (unpaired) electrons. The molecule has 82 valence electrons. The van der Waals surface area contributed by atoms with Crippen LogP contribution in [0.1, 0.15) is 10.4 Å². The lowest BCUT2D eigenvalue weighted by Crippen LogP contribution is -2.32. The predicted octanol–water partition coefficient (Wildman–Crippen LogP) is 3.17. The Bertz CT molecular complexity index is 348. The lowest BCUT2D eigenvalue weighted by Gasteiger charge is -2.09. The van der Waals surface area contributed by atoms with E-state index in [4.69, 9.17) is 0 Å². The zero-order valence-corrected chi connectivity index (χ0v) is 10.6. The highest BCUT2D eigenvalue weighted by atomic mass is 79.9. The molecular weight excluding hydrogens is 336 g/mol. The van der Waals surface area contributed by atoms with E-state index in [1.54, 1.807) is 24.3 Å². The van der Waals surface area contributed by atoms with Crippen LogP contribution in [0.15, 0.2) is 28.7 Å². The van der Waals surface area contributed by atoms with Crippen molar-refractivity contribution in [2.75, 3.05) is 6.54 Å². The van der Waals surface area contributed by atoms with Crippen LogP contribution in [0.2, 0.25) is 0 Å². The van der Waals surface area contributed by atoms with Crippen molar-refractivity contribution in [1.82, 2.24) is 5.32 Å². The Labute approximate surface area is 102 Å². The molecule has 0 atom stereocenters. The van der Waals surface area contributed by atoms with Crippen molar-refractivity contribution in [3.8, 4) is 0 Å². The van der Waals surface area contributed by atoms with Gasteiger partial charge in [-0.15, -0.1) is 0 Å². The van der Waals surface area contributed by atoms with Crippen molar-refractivity contribution in [2.24, 2.45) is 0 Å². The van der Waals surface area contributed by atoms with Crippen molar-refractivity contribution in [2.45, 2.75) is 4.83 Å². The smallest absolute Gasteiger partial charge is 0.318 e. The Morgan fingerprint density at radius 2 is 1.87 bits per heavy atom. The molecule has 6 heteroatoms. The van der Waals surface area contributed by atoms with Crippen LogP contribution in [-0.4, -0.2) is 17.3 Å². The molecule has 0 aliphatic carbocycles. The molecule has 1 amide bonds. The number of alkyl halides is 3. The average Bonchev–Trinajstić information content (AvgIpc) is 2.14. The fourth-order valence-corrected chi connectivity index (χ4v) is 1.29. The molecule has 1 rings (SSSR count). The van der Waals surface area contributed by atoms with Gasteiger partial charge in [0, 0.05) is 10.0 Å². The van der Waals surface area contributed by atoms with E-state index >= 15 is 0 Å². The summed E-state index contributed by atoms with van der Waals surface area (Å²) < 4.78 is 25.5. The molecule has 1 N–H and O–H groups in total. The third-order valence-corrected chi connectivity index (χ3v) is 2.36. The van der Waals surface area contributed by atoms with Gasteiger partial charge in [0.25, 0.3) is 5.91 Å². The molecule has 1 aromatic carbocycles. The van der Waals surface area contributed by atoms with Gasteiger partial charge in [-0.2, -0.15) is 8.78 Å². The number of benzene rings is 1. The van der Waals surface area contributed by atoms with Crippen molar-refractivity contribution < 1.29 is 13.6 Å². The molecule has 0 bridgehead atoms.